The first-order valence-corrected chi connectivity index (χ1v) is 6.00. The van der Waals surface area contributed by atoms with Crippen LogP contribution in [0.4, 0.5) is 5.95 Å². The zero-order valence-electron chi connectivity index (χ0n) is 9.98. The van der Waals surface area contributed by atoms with Crippen LogP contribution in [0.1, 0.15) is 18.2 Å². The van der Waals surface area contributed by atoms with Crippen molar-refractivity contribution in [1.29, 1.82) is 0 Å². The van der Waals surface area contributed by atoms with E-state index in [9.17, 15) is 0 Å². The molecule has 86 valence electrons. The van der Waals surface area contributed by atoms with Crippen LogP contribution < -0.4 is 4.90 Å². The van der Waals surface area contributed by atoms with Gasteiger partial charge in [-0.2, -0.15) is 0 Å². The van der Waals surface area contributed by atoms with E-state index in [2.05, 4.69) is 28.8 Å². The maximum atomic E-state index is 4.69. The van der Waals surface area contributed by atoms with Gasteiger partial charge in [-0.25, -0.2) is 9.97 Å². The molecule has 0 saturated carbocycles. The van der Waals surface area contributed by atoms with Crippen molar-refractivity contribution in [3.8, 4) is 0 Å². The van der Waals surface area contributed by atoms with Gasteiger partial charge in [0, 0.05) is 44.4 Å². The first-order valence-electron chi connectivity index (χ1n) is 6.00. The fraction of sp³-hybridized carbons (Fsp3) is 0.667. The van der Waals surface area contributed by atoms with Gasteiger partial charge in [0.2, 0.25) is 5.95 Å². The van der Waals surface area contributed by atoms with Gasteiger partial charge < -0.3 is 9.80 Å². The molecule has 0 aliphatic carbocycles. The molecule has 2 aliphatic rings. The second-order valence-corrected chi connectivity index (χ2v) is 5.14. The second kappa shape index (κ2) is 3.70. The summed E-state index contributed by atoms with van der Waals surface area (Å²) in [6.45, 7) is 6.59. The molecule has 0 bridgehead atoms. The quantitative estimate of drug-likeness (QED) is 0.701. The number of likely N-dealkylation sites (N-methyl/N-ethyl adjacent to an activating group) is 1. The van der Waals surface area contributed by atoms with Crippen molar-refractivity contribution >= 4 is 5.95 Å². The smallest absolute Gasteiger partial charge is 0.225 e. The summed E-state index contributed by atoms with van der Waals surface area (Å²) < 4.78 is 0. The first-order chi connectivity index (χ1) is 7.72. The zero-order valence-corrected chi connectivity index (χ0v) is 9.98. The summed E-state index contributed by atoms with van der Waals surface area (Å²) in [5, 5.41) is 0. The molecule has 4 heteroatoms. The summed E-state index contributed by atoms with van der Waals surface area (Å²) in [5.41, 5.74) is 2.55. The molecular weight excluding hydrogens is 200 g/mol. The molecule has 0 amide bonds. The standard InChI is InChI=1S/C12H18N4/c1-9-6-16(7-9)12-13-5-10-8-15(2)4-3-11(10)14-12/h5,9H,3-4,6-8H2,1-2H3. The third-order valence-electron chi connectivity index (χ3n) is 3.46. The second-order valence-electron chi connectivity index (χ2n) is 5.14. The Bertz CT molecular complexity index is 398. The van der Waals surface area contributed by atoms with E-state index in [0.717, 1.165) is 44.5 Å². The number of hydrogen-bond acceptors (Lipinski definition) is 4. The highest BCUT2D eigenvalue weighted by atomic mass is 15.3. The Morgan fingerprint density at radius 3 is 2.94 bits per heavy atom. The molecule has 0 atom stereocenters. The fourth-order valence-corrected chi connectivity index (χ4v) is 2.46. The molecule has 1 aromatic rings. The van der Waals surface area contributed by atoms with Crippen molar-refractivity contribution in [3.05, 3.63) is 17.5 Å². The summed E-state index contributed by atoms with van der Waals surface area (Å²) in [6.07, 6.45) is 3.07. The maximum Gasteiger partial charge on any atom is 0.225 e. The molecule has 0 aromatic carbocycles. The minimum absolute atomic E-state index is 0.797. The van der Waals surface area contributed by atoms with Crippen molar-refractivity contribution in [2.24, 2.45) is 5.92 Å². The summed E-state index contributed by atoms with van der Waals surface area (Å²) in [7, 11) is 2.15. The Kier molecular flexibility index (Phi) is 2.32. The lowest BCUT2D eigenvalue weighted by Crippen LogP contribution is -2.46. The van der Waals surface area contributed by atoms with Crippen LogP contribution in [0.2, 0.25) is 0 Å². The highest BCUT2D eigenvalue weighted by molar-refractivity contribution is 5.37. The van der Waals surface area contributed by atoms with E-state index in [-0.39, 0.29) is 0 Å². The molecule has 1 saturated heterocycles. The average molecular weight is 218 g/mol. The summed E-state index contributed by atoms with van der Waals surface area (Å²) in [4.78, 5) is 13.7. The third-order valence-corrected chi connectivity index (χ3v) is 3.46. The Hall–Kier alpha value is -1.16. The van der Waals surface area contributed by atoms with Crippen LogP contribution in [0.25, 0.3) is 0 Å². The van der Waals surface area contributed by atoms with Gasteiger partial charge in [0.05, 0.1) is 5.69 Å². The number of hydrogen-bond donors (Lipinski definition) is 0. The minimum Gasteiger partial charge on any atom is -0.340 e. The van der Waals surface area contributed by atoms with Crippen LogP contribution in [0.3, 0.4) is 0 Å². The van der Waals surface area contributed by atoms with Gasteiger partial charge in [-0.05, 0) is 13.0 Å². The van der Waals surface area contributed by atoms with Gasteiger partial charge in [-0.1, -0.05) is 6.92 Å². The molecule has 3 rings (SSSR count). The summed E-state index contributed by atoms with van der Waals surface area (Å²) >= 11 is 0. The average Bonchev–Trinajstić information content (AvgIpc) is 2.24. The van der Waals surface area contributed by atoms with E-state index < -0.39 is 0 Å². The number of anilines is 1. The largest absolute Gasteiger partial charge is 0.340 e. The van der Waals surface area contributed by atoms with E-state index in [1.807, 2.05) is 6.20 Å². The Morgan fingerprint density at radius 2 is 2.19 bits per heavy atom. The van der Waals surface area contributed by atoms with Crippen LogP contribution in [-0.4, -0.2) is 41.5 Å². The molecule has 1 aromatic heterocycles. The predicted molar refractivity (Wildman–Crippen MR) is 63.4 cm³/mol. The van der Waals surface area contributed by atoms with Gasteiger partial charge in [-0.15, -0.1) is 0 Å². The lowest BCUT2D eigenvalue weighted by atomic mass is 10.0. The van der Waals surface area contributed by atoms with E-state index in [0.29, 0.717) is 0 Å². The topological polar surface area (TPSA) is 32.3 Å². The van der Waals surface area contributed by atoms with Crippen LogP contribution in [-0.2, 0) is 13.0 Å². The number of aromatic nitrogens is 2. The predicted octanol–water partition coefficient (Wildman–Crippen LogP) is 0.921. The van der Waals surface area contributed by atoms with E-state index >= 15 is 0 Å². The molecule has 1 fully saturated rings. The molecule has 16 heavy (non-hydrogen) atoms. The summed E-state index contributed by atoms with van der Waals surface area (Å²) in [5.74, 6) is 1.73. The Labute approximate surface area is 96.3 Å². The van der Waals surface area contributed by atoms with Crippen LogP contribution >= 0.6 is 0 Å². The van der Waals surface area contributed by atoms with Gasteiger partial charge in [-0.3, -0.25) is 0 Å². The molecule has 3 heterocycles. The zero-order chi connectivity index (χ0) is 11.1. The third kappa shape index (κ3) is 1.67. The Morgan fingerprint density at radius 1 is 1.38 bits per heavy atom. The van der Waals surface area contributed by atoms with E-state index in [1.165, 1.54) is 11.3 Å². The van der Waals surface area contributed by atoms with Gasteiger partial charge in [0.1, 0.15) is 0 Å². The van der Waals surface area contributed by atoms with E-state index in [4.69, 9.17) is 4.98 Å². The maximum absolute atomic E-state index is 4.69. The number of nitrogens with zero attached hydrogens (tertiary/aromatic N) is 4. The van der Waals surface area contributed by atoms with Gasteiger partial charge in [0.15, 0.2) is 0 Å². The molecule has 0 spiro atoms. The lowest BCUT2D eigenvalue weighted by Gasteiger charge is -2.37. The van der Waals surface area contributed by atoms with Crippen LogP contribution in [0.15, 0.2) is 6.20 Å². The first kappa shape index (κ1) is 10.0. The van der Waals surface area contributed by atoms with Crippen molar-refractivity contribution in [2.45, 2.75) is 19.9 Å². The normalized spacial score (nSPS) is 21.8. The fourth-order valence-electron chi connectivity index (χ4n) is 2.46. The molecule has 4 nitrogen and oxygen atoms in total. The Balaban J connectivity index is 1.82. The number of rotatable bonds is 1. The highest BCUT2D eigenvalue weighted by Gasteiger charge is 2.26. The van der Waals surface area contributed by atoms with Crippen molar-refractivity contribution in [2.75, 3.05) is 31.6 Å². The monoisotopic (exact) mass is 218 g/mol. The molecule has 0 unspecified atom stereocenters. The molecule has 0 radical (unpaired) electrons. The van der Waals surface area contributed by atoms with Crippen molar-refractivity contribution in [1.82, 2.24) is 14.9 Å². The van der Waals surface area contributed by atoms with Crippen molar-refractivity contribution < 1.29 is 0 Å². The molecule has 2 aliphatic heterocycles. The molecular formula is C12H18N4. The van der Waals surface area contributed by atoms with Crippen LogP contribution in [0, 0.1) is 5.92 Å². The minimum atomic E-state index is 0.797. The van der Waals surface area contributed by atoms with Crippen LogP contribution in [0.5, 0.6) is 0 Å². The van der Waals surface area contributed by atoms with Gasteiger partial charge >= 0.3 is 0 Å². The lowest BCUT2D eigenvalue weighted by molar-refractivity contribution is 0.308. The molecule has 0 N–H and O–H groups in total. The SMILES string of the molecule is CC1CN(c2ncc3c(n2)CCN(C)C3)C1. The van der Waals surface area contributed by atoms with Gasteiger partial charge in [0.25, 0.3) is 0 Å². The van der Waals surface area contributed by atoms with E-state index in [1.54, 1.807) is 0 Å². The number of fused-ring (bicyclic) bond motifs is 1. The summed E-state index contributed by atoms with van der Waals surface area (Å²) in [6, 6.07) is 0. The highest BCUT2D eigenvalue weighted by Crippen LogP contribution is 2.23. The van der Waals surface area contributed by atoms with Crippen molar-refractivity contribution in [3.63, 3.8) is 0 Å².